The Bertz CT molecular complexity index is 332. The highest BCUT2D eigenvalue weighted by molar-refractivity contribution is 5.69. The summed E-state index contributed by atoms with van der Waals surface area (Å²) >= 11 is 0. The molecule has 1 rings (SSSR count). The minimum atomic E-state index is -0.0736. The molecular weight excluding hydrogens is 224 g/mol. The molecule has 1 atom stereocenters. The van der Waals surface area contributed by atoms with E-state index in [1.165, 1.54) is 0 Å². The second-order valence-corrected chi connectivity index (χ2v) is 4.63. The van der Waals surface area contributed by atoms with Crippen LogP contribution >= 0.6 is 0 Å². The van der Waals surface area contributed by atoms with Crippen LogP contribution in [0.2, 0.25) is 0 Å². The number of carbonyl (C=O) groups is 1. The lowest BCUT2D eigenvalue weighted by Crippen LogP contribution is -2.11. The minimum absolute atomic E-state index is 0.0678. The summed E-state index contributed by atoms with van der Waals surface area (Å²) in [6, 6.07) is 10.0. The molecule has 0 N–H and O–H groups in total. The van der Waals surface area contributed by atoms with Gasteiger partial charge in [0.2, 0.25) is 0 Å². The van der Waals surface area contributed by atoms with E-state index >= 15 is 0 Å². The van der Waals surface area contributed by atoms with Crippen molar-refractivity contribution in [1.82, 2.24) is 0 Å². The maximum absolute atomic E-state index is 11.7. The van der Waals surface area contributed by atoms with Gasteiger partial charge in [-0.2, -0.15) is 0 Å². The predicted molar refractivity (Wildman–Crippen MR) is 74.3 cm³/mol. The highest BCUT2D eigenvalue weighted by Gasteiger charge is 2.15. The summed E-state index contributed by atoms with van der Waals surface area (Å²) in [4.78, 5) is 11.7. The highest BCUT2D eigenvalue weighted by atomic mass is 16.5. The smallest absolute Gasteiger partial charge is 0.306 e. The molecule has 2 nitrogen and oxygen atoms in total. The fourth-order valence-corrected chi connectivity index (χ4v) is 1.89. The number of hydrogen-bond donors (Lipinski definition) is 0. The summed E-state index contributed by atoms with van der Waals surface area (Å²) in [6.45, 7) is 4.24. The van der Waals surface area contributed by atoms with Crippen LogP contribution in [0.5, 0.6) is 0 Å². The van der Waals surface area contributed by atoms with E-state index in [1.54, 1.807) is 0 Å². The third kappa shape index (κ3) is 5.35. The van der Waals surface area contributed by atoms with Gasteiger partial charge in [-0.25, -0.2) is 0 Å². The summed E-state index contributed by atoms with van der Waals surface area (Å²) in [5, 5.41) is 0. The zero-order valence-electron chi connectivity index (χ0n) is 11.5. The molecule has 2 heteroatoms. The molecule has 100 valence electrons. The quantitative estimate of drug-likeness (QED) is 0.626. The molecule has 1 aromatic rings. The monoisotopic (exact) mass is 248 g/mol. The van der Waals surface area contributed by atoms with Crippen molar-refractivity contribution in [2.24, 2.45) is 0 Å². The number of esters is 1. The number of benzene rings is 1. The zero-order valence-corrected chi connectivity index (χ0v) is 11.5. The Morgan fingerprint density at radius 3 is 2.39 bits per heavy atom. The van der Waals surface area contributed by atoms with Crippen LogP contribution in [0.1, 0.15) is 64.0 Å². The Hall–Kier alpha value is -1.31. The van der Waals surface area contributed by atoms with Gasteiger partial charge >= 0.3 is 5.97 Å². The van der Waals surface area contributed by atoms with E-state index in [0.29, 0.717) is 6.42 Å². The van der Waals surface area contributed by atoms with Crippen molar-refractivity contribution in [3.8, 4) is 0 Å². The van der Waals surface area contributed by atoms with Crippen LogP contribution in [0.3, 0.4) is 0 Å². The van der Waals surface area contributed by atoms with Gasteiger partial charge in [-0.1, -0.05) is 57.0 Å². The first kappa shape index (κ1) is 14.7. The first-order valence-corrected chi connectivity index (χ1v) is 7.02. The average molecular weight is 248 g/mol. The van der Waals surface area contributed by atoms with Crippen molar-refractivity contribution in [1.29, 1.82) is 0 Å². The number of hydrogen-bond acceptors (Lipinski definition) is 2. The van der Waals surface area contributed by atoms with Crippen LogP contribution in [0.25, 0.3) is 0 Å². The van der Waals surface area contributed by atoms with E-state index in [1.807, 2.05) is 30.3 Å². The molecule has 0 aromatic heterocycles. The third-order valence-electron chi connectivity index (χ3n) is 3.00. The first-order valence-electron chi connectivity index (χ1n) is 7.02. The molecule has 0 radical (unpaired) electrons. The minimum Gasteiger partial charge on any atom is -0.457 e. The van der Waals surface area contributed by atoms with Crippen molar-refractivity contribution in [2.45, 2.75) is 58.5 Å². The largest absolute Gasteiger partial charge is 0.457 e. The van der Waals surface area contributed by atoms with Gasteiger partial charge in [0.05, 0.1) is 0 Å². The lowest BCUT2D eigenvalue weighted by atomic mass is 10.0. The van der Waals surface area contributed by atoms with Gasteiger partial charge < -0.3 is 4.74 Å². The molecule has 0 aliphatic rings. The van der Waals surface area contributed by atoms with Crippen LogP contribution in [-0.4, -0.2) is 5.97 Å². The molecule has 0 fully saturated rings. The van der Waals surface area contributed by atoms with Gasteiger partial charge in [0.1, 0.15) is 6.10 Å². The highest BCUT2D eigenvalue weighted by Crippen LogP contribution is 2.24. The van der Waals surface area contributed by atoms with Crippen molar-refractivity contribution < 1.29 is 9.53 Å². The Kier molecular flexibility index (Phi) is 7.16. The molecule has 0 spiro atoms. The van der Waals surface area contributed by atoms with E-state index in [0.717, 1.165) is 37.7 Å². The molecular formula is C16H24O2. The Labute approximate surface area is 110 Å². The third-order valence-corrected chi connectivity index (χ3v) is 3.00. The molecule has 1 aromatic carbocycles. The van der Waals surface area contributed by atoms with Crippen LogP contribution < -0.4 is 0 Å². The van der Waals surface area contributed by atoms with Gasteiger partial charge in [-0.05, 0) is 24.8 Å². The zero-order chi connectivity index (χ0) is 13.2. The van der Waals surface area contributed by atoms with E-state index in [9.17, 15) is 4.79 Å². The summed E-state index contributed by atoms with van der Waals surface area (Å²) in [6.07, 6.45) is 5.52. The maximum atomic E-state index is 11.7. The van der Waals surface area contributed by atoms with Crippen molar-refractivity contribution in [3.63, 3.8) is 0 Å². The Morgan fingerprint density at radius 2 is 1.78 bits per heavy atom. The summed E-state index contributed by atoms with van der Waals surface area (Å²) in [5.41, 5.74) is 1.11. The summed E-state index contributed by atoms with van der Waals surface area (Å²) in [7, 11) is 0. The van der Waals surface area contributed by atoms with Gasteiger partial charge in [0.15, 0.2) is 0 Å². The molecule has 0 amide bonds. The molecule has 0 saturated heterocycles. The SMILES string of the molecule is CCCCC(=O)OC(CCCC)c1ccccc1. The lowest BCUT2D eigenvalue weighted by molar-refractivity contribution is -0.150. The predicted octanol–water partition coefficient (Wildman–Crippen LogP) is 4.65. The van der Waals surface area contributed by atoms with E-state index in [-0.39, 0.29) is 12.1 Å². The molecule has 0 saturated carbocycles. The topological polar surface area (TPSA) is 26.3 Å². The Balaban J connectivity index is 2.58. The fraction of sp³-hybridized carbons (Fsp3) is 0.562. The Morgan fingerprint density at radius 1 is 1.11 bits per heavy atom. The van der Waals surface area contributed by atoms with Crippen LogP contribution in [0.15, 0.2) is 30.3 Å². The summed E-state index contributed by atoms with van der Waals surface area (Å²) < 4.78 is 5.60. The second kappa shape index (κ2) is 8.73. The number of ether oxygens (including phenoxy) is 1. The number of rotatable bonds is 8. The number of carbonyl (C=O) groups excluding carboxylic acids is 1. The average Bonchev–Trinajstić information content (AvgIpc) is 2.42. The first-order chi connectivity index (χ1) is 8.77. The van der Waals surface area contributed by atoms with E-state index < -0.39 is 0 Å². The van der Waals surface area contributed by atoms with Crippen LogP contribution in [-0.2, 0) is 9.53 Å². The molecule has 0 bridgehead atoms. The van der Waals surface area contributed by atoms with E-state index in [4.69, 9.17) is 4.74 Å². The van der Waals surface area contributed by atoms with Crippen LogP contribution in [0.4, 0.5) is 0 Å². The van der Waals surface area contributed by atoms with Crippen molar-refractivity contribution in [2.75, 3.05) is 0 Å². The standard InChI is InChI=1S/C16H24O2/c1-3-5-12-15(14-10-8-7-9-11-14)18-16(17)13-6-4-2/h7-11,15H,3-6,12-13H2,1-2H3. The van der Waals surface area contributed by atoms with Crippen molar-refractivity contribution >= 4 is 5.97 Å². The molecule has 18 heavy (non-hydrogen) atoms. The van der Waals surface area contributed by atoms with Gasteiger partial charge in [-0.15, -0.1) is 0 Å². The normalized spacial score (nSPS) is 12.1. The fourth-order valence-electron chi connectivity index (χ4n) is 1.89. The summed E-state index contributed by atoms with van der Waals surface area (Å²) in [5.74, 6) is -0.0678. The maximum Gasteiger partial charge on any atom is 0.306 e. The van der Waals surface area contributed by atoms with E-state index in [2.05, 4.69) is 13.8 Å². The second-order valence-electron chi connectivity index (χ2n) is 4.63. The number of unbranched alkanes of at least 4 members (excludes halogenated alkanes) is 2. The molecule has 1 unspecified atom stereocenters. The van der Waals surface area contributed by atoms with Crippen molar-refractivity contribution in [3.05, 3.63) is 35.9 Å². The molecule has 0 aliphatic heterocycles. The van der Waals surface area contributed by atoms with Gasteiger partial charge in [0.25, 0.3) is 0 Å². The lowest BCUT2D eigenvalue weighted by Gasteiger charge is -2.18. The molecule has 0 heterocycles. The van der Waals surface area contributed by atoms with Gasteiger partial charge in [0, 0.05) is 6.42 Å². The molecule has 0 aliphatic carbocycles. The van der Waals surface area contributed by atoms with Crippen LogP contribution in [0, 0.1) is 0 Å². The van der Waals surface area contributed by atoms with Gasteiger partial charge in [-0.3, -0.25) is 4.79 Å².